The molecule has 0 spiro atoms. The minimum atomic E-state index is 0.645. The van der Waals surface area contributed by atoms with E-state index in [4.69, 9.17) is 5.73 Å². The van der Waals surface area contributed by atoms with Gasteiger partial charge >= 0.3 is 0 Å². The van der Waals surface area contributed by atoms with Crippen molar-refractivity contribution in [2.45, 2.75) is 25.3 Å². The van der Waals surface area contributed by atoms with E-state index < -0.39 is 0 Å². The minimum Gasteiger partial charge on any atom is -0.383 e. The van der Waals surface area contributed by atoms with Gasteiger partial charge in [0.05, 0.1) is 0 Å². The van der Waals surface area contributed by atoms with Crippen LogP contribution in [0.4, 0.5) is 10.8 Å². The molecule has 1 heterocycles. The van der Waals surface area contributed by atoms with Crippen molar-refractivity contribution >= 4 is 22.4 Å². The molecule has 17 heavy (non-hydrogen) atoms. The zero-order valence-electron chi connectivity index (χ0n) is 9.52. The molecular formula is C13H15N3S. The number of hydrogen-bond donors (Lipinski definition) is 2. The summed E-state index contributed by atoms with van der Waals surface area (Å²) in [5.74, 6) is 1.36. The van der Waals surface area contributed by atoms with E-state index in [0.29, 0.717) is 11.7 Å². The lowest BCUT2D eigenvalue weighted by Crippen LogP contribution is -2.00. The van der Waals surface area contributed by atoms with E-state index in [2.05, 4.69) is 34.0 Å². The highest BCUT2D eigenvalue weighted by atomic mass is 32.1. The molecule has 3 rings (SSSR count). The molecule has 0 aliphatic heterocycles. The molecule has 1 aromatic carbocycles. The molecule has 3 nitrogen and oxygen atoms in total. The summed E-state index contributed by atoms with van der Waals surface area (Å²) in [4.78, 5) is 0. The van der Waals surface area contributed by atoms with Gasteiger partial charge in [-0.2, -0.15) is 4.37 Å². The maximum absolute atomic E-state index is 5.91. The number of aromatic nitrogens is 1. The van der Waals surface area contributed by atoms with E-state index in [0.717, 1.165) is 11.5 Å². The molecule has 1 saturated carbocycles. The van der Waals surface area contributed by atoms with Gasteiger partial charge in [-0.05, 0) is 35.9 Å². The second kappa shape index (κ2) is 4.37. The van der Waals surface area contributed by atoms with Crippen LogP contribution in [0.15, 0.2) is 30.3 Å². The first kappa shape index (κ1) is 10.6. The number of nitrogens with zero attached hydrogens (tertiary/aromatic N) is 1. The Kier molecular flexibility index (Phi) is 2.73. The minimum absolute atomic E-state index is 0.645. The Morgan fingerprint density at radius 3 is 2.76 bits per heavy atom. The Morgan fingerprint density at radius 1 is 1.29 bits per heavy atom. The Morgan fingerprint density at radius 2 is 2.06 bits per heavy atom. The summed E-state index contributed by atoms with van der Waals surface area (Å²) >= 11 is 1.48. The fourth-order valence-corrected chi connectivity index (χ4v) is 2.78. The Labute approximate surface area is 105 Å². The molecule has 1 fully saturated rings. The van der Waals surface area contributed by atoms with Crippen LogP contribution in [-0.4, -0.2) is 4.37 Å². The van der Waals surface area contributed by atoms with Gasteiger partial charge in [-0.1, -0.05) is 30.3 Å². The highest BCUT2D eigenvalue weighted by Gasteiger charge is 2.30. The maximum Gasteiger partial charge on any atom is 0.142 e. The number of nitrogen functional groups attached to an aromatic ring is 1. The quantitative estimate of drug-likeness (QED) is 0.869. The number of nitrogens with two attached hydrogens (primary N) is 1. The highest BCUT2D eigenvalue weighted by molar-refractivity contribution is 7.10. The average Bonchev–Trinajstić information content (AvgIpc) is 3.12. The topological polar surface area (TPSA) is 50.9 Å². The van der Waals surface area contributed by atoms with Crippen molar-refractivity contribution in [3.05, 3.63) is 41.5 Å². The van der Waals surface area contributed by atoms with Crippen molar-refractivity contribution in [3.8, 4) is 0 Å². The van der Waals surface area contributed by atoms with Crippen LogP contribution >= 0.6 is 11.5 Å². The van der Waals surface area contributed by atoms with Gasteiger partial charge < -0.3 is 11.1 Å². The van der Waals surface area contributed by atoms with Gasteiger partial charge in [-0.3, -0.25) is 0 Å². The van der Waals surface area contributed by atoms with E-state index in [9.17, 15) is 0 Å². The van der Waals surface area contributed by atoms with Crippen LogP contribution in [0.25, 0.3) is 0 Å². The zero-order valence-corrected chi connectivity index (χ0v) is 10.3. The normalized spacial score (nSPS) is 14.8. The van der Waals surface area contributed by atoms with Gasteiger partial charge in [0, 0.05) is 12.1 Å². The number of rotatable bonds is 4. The first-order chi connectivity index (χ1) is 8.34. The fourth-order valence-electron chi connectivity index (χ4n) is 1.98. The predicted octanol–water partition coefficient (Wildman–Crippen LogP) is 3.21. The van der Waals surface area contributed by atoms with Gasteiger partial charge in [0.2, 0.25) is 0 Å². The first-order valence-electron chi connectivity index (χ1n) is 5.87. The fraction of sp³-hybridized carbons (Fsp3) is 0.308. The van der Waals surface area contributed by atoms with Gasteiger partial charge in [-0.25, -0.2) is 0 Å². The number of hydrogen-bond acceptors (Lipinski definition) is 4. The second-order valence-electron chi connectivity index (χ2n) is 4.42. The molecule has 0 amide bonds. The average molecular weight is 245 g/mol. The zero-order chi connectivity index (χ0) is 11.7. The smallest absolute Gasteiger partial charge is 0.142 e. The molecule has 88 valence electrons. The standard InChI is InChI=1S/C13H15N3S/c14-12-11(10-6-7-10)13(17-16-12)15-8-9-4-2-1-3-5-9/h1-5,10,15H,6-8H2,(H2,14,16). The largest absolute Gasteiger partial charge is 0.383 e. The van der Waals surface area contributed by atoms with Crippen LogP contribution in [-0.2, 0) is 6.54 Å². The molecule has 2 aromatic rings. The molecule has 0 saturated heterocycles. The molecule has 0 bridgehead atoms. The molecule has 1 aromatic heterocycles. The van der Waals surface area contributed by atoms with Crippen molar-refractivity contribution in [2.24, 2.45) is 0 Å². The van der Waals surface area contributed by atoms with Crippen molar-refractivity contribution in [3.63, 3.8) is 0 Å². The summed E-state index contributed by atoms with van der Waals surface area (Å²) in [5.41, 5.74) is 8.43. The SMILES string of the molecule is Nc1nsc(NCc2ccccc2)c1C1CC1. The number of benzene rings is 1. The van der Waals surface area contributed by atoms with E-state index in [1.807, 2.05) is 6.07 Å². The Bertz CT molecular complexity index is 503. The summed E-state index contributed by atoms with van der Waals surface area (Å²) in [6.07, 6.45) is 2.51. The van der Waals surface area contributed by atoms with Crippen LogP contribution in [0.3, 0.4) is 0 Å². The molecule has 1 aliphatic carbocycles. The number of nitrogens with one attached hydrogen (secondary N) is 1. The maximum atomic E-state index is 5.91. The van der Waals surface area contributed by atoms with Crippen molar-refractivity contribution < 1.29 is 0 Å². The summed E-state index contributed by atoms with van der Waals surface area (Å²) in [6.45, 7) is 0.836. The summed E-state index contributed by atoms with van der Waals surface area (Å²) in [5, 5.41) is 4.59. The van der Waals surface area contributed by atoms with Gasteiger partial charge in [0.1, 0.15) is 10.8 Å². The van der Waals surface area contributed by atoms with Crippen LogP contribution in [0.5, 0.6) is 0 Å². The lowest BCUT2D eigenvalue weighted by atomic mass is 10.2. The van der Waals surface area contributed by atoms with Crippen LogP contribution in [0.1, 0.15) is 29.9 Å². The van der Waals surface area contributed by atoms with Crippen molar-refractivity contribution in [2.75, 3.05) is 11.1 Å². The third kappa shape index (κ3) is 2.26. The summed E-state index contributed by atoms with van der Waals surface area (Å²) < 4.78 is 4.25. The lowest BCUT2D eigenvalue weighted by Gasteiger charge is -2.06. The van der Waals surface area contributed by atoms with Gasteiger partial charge in [-0.15, -0.1) is 0 Å². The molecule has 0 unspecified atom stereocenters. The van der Waals surface area contributed by atoms with Gasteiger partial charge in [0.15, 0.2) is 0 Å². The van der Waals surface area contributed by atoms with E-state index in [-0.39, 0.29) is 0 Å². The molecule has 0 atom stereocenters. The van der Waals surface area contributed by atoms with Crippen LogP contribution < -0.4 is 11.1 Å². The molecular weight excluding hydrogens is 230 g/mol. The molecule has 0 radical (unpaired) electrons. The lowest BCUT2D eigenvalue weighted by molar-refractivity contribution is 1.10. The van der Waals surface area contributed by atoms with E-state index in [1.165, 1.54) is 35.5 Å². The summed E-state index contributed by atoms with van der Waals surface area (Å²) in [6, 6.07) is 10.4. The molecule has 1 aliphatic rings. The Balaban J connectivity index is 1.73. The predicted molar refractivity (Wildman–Crippen MR) is 72.3 cm³/mol. The monoisotopic (exact) mass is 245 g/mol. The van der Waals surface area contributed by atoms with Crippen molar-refractivity contribution in [1.82, 2.24) is 4.37 Å². The van der Waals surface area contributed by atoms with Crippen LogP contribution in [0, 0.1) is 0 Å². The van der Waals surface area contributed by atoms with Crippen molar-refractivity contribution in [1.29, 1.82) is 0 Å². The van der Waals surface area contributed by atoms with E-state index >= 15 is 0 Å². The first-order valence-corrected chi connectivity index (χ1v) is 6.65. The van der Waals surface area contributed by atoms with E-state index in [1.54, 1.807) is 0 Å². The third-order valence-electron chi connectivity index (χ3n) is 3.04. The number of anilines is 2. The van der Waals surface area contributed by atoms with Gasteiger partial charge in [0.25, 0.3) is 0 Å². The molecule has 3 N–H and O–H groups in total. The second-order valence-corrected chi connectivity index (χ2v) is 5.20. The summed E-state index contributed by atoms with van der Waals surface area (Å²) in [7, 11) is 0. The highest BCUT2D eigenvalue weighted by Crippen LogP contribution is 2.47. The molecule has 4 heteroatoms. The van der Waals surface area contributed by atoms with Crippen LogP contribution in [0.2, 0.25) is 0 Å². The Hall–Kier alpha value is -1.55. The third-order valence-corrected chi connectivity index (χ3v) is 3.87.